The van der Waals surface area contributed by atoms with Gasteiger partial charge in [-0.25, -0.2) is 4.79 Å². The molecule has 2 aromatic rings. The Kier molecular flexibility index (Phi) is 6.40. The van der Waals surface area contributed by atoms with Crippen LogP contribution >= 0.6 is 11.3 Å². The Labute approximate surface area is 148 Å². The number of nitrogens with zero attached hydrogens (tertiary/aromatic N) is 1. The van der Waals surface area contributed by atoms with Gasteiger partial charge in [0, 0.05) is 24.0 Å². The zero-order chi connectivity index (χ0) is 17.7. The van der Waals surface area contributed by atoms with Crippen LogP contribution in [-0.2, 0) is 17.7 Å². The Morgan fingerprint density at radius 3 is 2.54 bits per heavy atom. The molecule has 0 aliphatic carbocycles. The molecular weight excluding hydrogens is 320 g/mol. The van der Waals surface area contributed by atoms with E-state index in [0.29, 0.717) is 16.6 Å². The molecule has 130 valence electrons. The molecule has 24 heavy (non-hydrogen) atoms. The van der Waals surface area contributed by atoms with E-state index in [1.165, 1.54) is 24.0 Å². The van der Waals surface area contributed by atoms with Gasteiger partial charge in [-0.05, 0) is 38.3 Å². The van der Waals surface area contributed by atoms with Crippen LogP contribution in [0, 0.1) is 6.92 Å². The van der Waals surface area contributed by atoms with Crippen LogP contribution in [0.4, 0.5) is 5.00 Å². The highest BCUT2D eigenvalue weighted by molar-refractivity contribution is 7.16. The minimum atomic E-state index is -0.350. The first-order chi connectivity index (χ1) is 11.4. The SMILES string of the molecule is COC(=O)c1c(N)sc(CCN(Cc2ccccc2)C(C)C)c1C. The molecule has 0 saturated heterocycles. The highest BCUT2D eigenvalue weighted by Gasteiger charge is 2.20. The van der Waals surface area contributed by atoms with Crippen LogP contribution in [0.3, 0.4) is 0 Å². The van der Waals surface area contributed by atoms with Crippen molar-refractivity contribution in [1.82, 2.24) is 4.90 Å². The van der Waals surface area contributed by atoms with Gasteiger partial charge in [-0.1, -0.05) is 30.3 Å². The number of benzene rings is 1. The smallest absolute Gasteiger partial charge is 0.341 e. The van der Waals surface area contributed by atoms with Gasteiger partial charge < -0.3 is 10.5 Å². The Morgan fingerprint density at radius 1 is 1.29 bits per heavy atom. The molecule has 2 rings (SSSR count). The number of hydrogen-bond acceptors (Lipinski definition) is 5. The van der Waals surface area contributed by atoms with Gasteiger partial charge in [0.25, 0.3) is 0 Å². The molecule has 0 aliphatic rings. The molecule has 0 aliphatic heterocycles. The van der Waals surface area contributed by atoms with E-state index in [1.807, 2.05) is 13.0 Å². The van der Waals surface area contributed by atoms with Crippen LogP contribution in [0.1, 0.15) is 40.2 Å². The molecule has 2 N–H and O–H groups in total. The van der Waals surface area contributed by atoms with Gasteiger partial charge in [-0.3, -0.25) is 4.90 Å². The molecule has 0 unspecified atom stereocenters. The molecule has 0 saturated carbocycles. The van der Waals surface area contributed by atoms with Gasteiger partial charge in [0.05, 0.1) is 12.7 Å². The Bertz CT molecular complexity index is 680. The zero-order valence-electron chi connectivity index (χ0n) is 14.8. The molecule has 1 aromatic heterocycles. The average Bonchev–Trinajstić information content (AvgIpc) is 2.85. The lowest BCUT2D eigenvalue weighted by Crippen LogP contribution is -2.32. The number of thiophene rings is 1. The van der Waals surface area contributed by atoms with Gasteiger partial charge in [0.2, 0.25) is 0 Å². The van der Waals surface area contributed by atoms with Crippen molar-refractivity contribution in [3.05, 3.63) is 51.9 Å². The third kappa shape index (κ3) is 4.36. The zero-order valence-corrected chi connectivity index (χ0v) is 15.7. The fourth-order valence-electron chi connectivity index (χ4n) is 2.76. The van der Waals surface area contributed by atoms with Crippen molar-refractivity contribution in [2.45, 2.75) is 39.8 Å². The highest BCUT2D eigenvalue weighted by Crippen LogP contribution is 2.31. The molecule has 0 fully saturated rings. The minimum Gasteiger partial charge on any atom is -0.465 e. The van der Waals surface area contributed by atoms with Crippen LogP contribution in [0.15, 0.2) is 30.3 Å². The molecule has 1 aromatic carbocycles. The fraction of sp³-hybridized carbons (Fsp3) is 0.421. The summed E-state index contributed by atoms with van der Waals surface area (Å²) in [6.07, 6.45) is 0.878. The molecule has 0 spiro atoms. The maximum atomic E-state index is 11.8. The molecule has 0 atom stereocenters. The topological polar surface area (TPSA) is 55.6 Å². The van der Waals surface area contributed by atoms with Gasteiger partial charge in [-0.15, -0.1) is 11.3 Å². The Morgan fingerprint density at radius 2 is 1.96 bits per heavy atom. The van der Waals surface area contributed by atoms with Gasteiger partial charge in [0.1, 0.15) is 5.00 Å². The van der Waals surface area contributed by atoms with E-state index in [-0.39, 0.29) is 5.97 Å². The van der Waals surface area contributed by atoms with Crippen molar-refractivity contribution in [3.63, 3.8) is 0 Å². The molecular formula is C19H26N2O2S. The van der Waals surface area contributed by atoms with Crippen LogP contribution < -0.4 is 5.73 Å². The van der Waals surface area contributed by atoms with Crippen molar-refractivity contribution < 1.29 is 9.53 Å². The lowest BCUT2D eigenvalue weighted by Gasteiger charge is -2.26. The van der Waals surface area contributed by atoms with Crippen LogP contribution in [0.25, 0.3) is 0 Å². The van der Waals surface area contributed by atoms with Crippen molar-refractivity contribution in [2.24, 2.45) is 0 Å². The van der Waals surface area contributed by atoms with E-state index in [0.717, 1.165) is 30.0 Å². The molecule has 0 radical (unpaired) electrons. The monoisotopic (exact) mass is 346 g/mol. The lowest BCUT2D eigenvalue weighted by atomic mass is 10.1. The Hall–Kier alpha value is -1.85. The van der Waals surface area contributed by atoms with E-state index in [4.69, 9.17) is 10.5 Å². The second kappa shape index (κ2) is 8.31. The number of hydrogen-bond donors (Lipinski definition) is 1. The van der Waals surface area contributed by atoms with E-state index in [1.54, 1.807) is 0 Å². The van der Waals surface area contributed by atoms with Crippen molar-refractivity contribution >= 4 is 22.3 Å². The first kappa shape index (κ1) is 18.5. The van der Waals surface area contributed by atoms with Crippen molar-refractivity contribution in [2.75, 3.05) is 19.4 Å². The summed E-state index contributed by atoms with van der Waals surface area (Å²) in [5, 5.41) is 0.550. The average molecular weight is 346 g/mol. The van der Waals surface area contributed by atoms with Crippen LogP contribution in [0.5, 0.6) is 0 Å². The van der Waals surface area contributed by atoms with Gasteiger partial charge >= 0.3 is 5.97 Å². The number of carbonyl (C=O) groups excluding carboxylic acids is 1. The van der Waals surface area contributed by atoms with Gasteiger partial charge in [-0.2, -0.15) is 0 Å². The minimum absolute atomic E-state index is 0.350. The summed E-state index contributed by atoms with van der Waals surface area (Å²) in [4.78, 5) is 15.4. The summed E-state index contributed by atoms with van der Waals surface area (Å²) in [5.41, 5.74) is 8.80. The number of anilines is 1. The number of ether oxygens (including phenoxy) is 1. The fourth-order valence-corrected chi connectivity index (χ4v) is 3.81. The van der Waals surface area contributed by atoms with Crippen molar-refractivity contribution in [3.8, 4) is 0 Å². The molecule has 0 bridgehead atoms. The van der Waals surface area contributed by atoms with E-state index >= 15 is 0 Å². The normalized spacial score (nSPS) is 11.2. The number of carbonyl (C=O) groups is 1. The second-order valence-electron chi connectivity index (χ2n) is 6.18. The maximum Gasteiger partial charge on any atom is 0.341 e. The largest absolute Gasteiger partial charge is 0.465 e. The summed E-state index contributed by atoms with van der Waals surface area (Å²) in [6.45, 7) is 8.21. The maximum absolute atomic E-state index is 11.8. The molecule has 0 amide bonds. The quantitative estimate of drug-likeness (QED) is 0.773. The summed E-state index contributed by atoms with van der Waals surface area (Å²) in [5.74, 6) is -0.350. The number of methoxy groups -OCH3 is 1. The number of esters is 1. The number of rotatable bonds is 7. The summed E-state index contributed by atoms with van der Waals surface area (Å²) >= 11 is 1.49. The van der Waals surface area contributed by atoms with E-state index in [2.05, 4.69) is 43.0 Å². The number of nitrogens with two attached hydrogens (primary N) is 1. The number of nitrogen functional groups attached to an aromatic ring is 1. The lowest BCUT2D eigenvalue weighted by molar-refractivity contribution is 0.0601. The van der Waals surface area contributed by atoms with E-state index < -0.39 is 0 Å². The molecule has 1 heterocycles. The summed E-state index contributed by atoms with van der Waals surface area (Å²) < 4.78 is 4.83. The summed E-state index contributed by atoms with van der Waals surface area (Å²) in [6, 6.07) is 10.9. The van der Waals surface area contributed by atoms with Crippen LogP contribution in [0.2, 0.25) is 0 Å². The highest BCUT2D eigenvalue weighted by atomic mass is 32.1. The predicted octanol–water partition coefficient (Wildman–Crippen LogP) is 3.88. The van der Waals surface area contributed by atoms with E-state index in [9.17, 15) is 4.79 Å². The third-order valence-electron chi connectivity index (χ3n) is 4.25. The molecule has 4 nitrogen and oxygen atoms in total. The molecule has 5 heteroatoms. The predicted molar refractivity (Wildman–Crippen MR) is 100 cm³/mol. The third-order valence-corrected chi connectivity index (χ3v) is 5.43. The van der Waals surface area contributed by atoms with Gasteiger partial charge in [0.15, 0.2) is 0 Å². The second-order valence-corrected chi connectivity index (χ2v) is 7.32. The first-order valence-corrected chi connectivity index (χ1v) is 8.99. The Balaban J connectivity index is 2.08. The van der Waals surface area contributed by atoms with Crippen LogP contribution in [-0.4, -0.2) is 30.6 Å². The first-order valence-electron chi connectivity index (χ1n) is 8.18. The standard InChI is InChI=1S/C19H26N2O2S/c1-13(2)21(12-15-8-6-5-7-9-15)11-10-16-14(3)17(18(20)24-16)19(22)23-4/h5-9,13H,10-12,20H2,1-4H3. The summed E-state index contributed by atoms with van der Waals surface area (Å²) in [7, 11) is 1.39. The van der Waals surface area contributed by atoms with Crippen molar-refractivity contribution in [1.29, 1.82) is 0 Å².